The summed E-state index contributed by atoms with van der Waals surface area (Å²) in [5.74, 6) is -2.22. The minimum absolute atomic E-state index is 0.137. The first-order valence-corrected chi connectivity index (χ1v) is 10.4. The highest BCUT2D eigenvalue weighted by Crippen LogP contribution is 2.25. The molecular formula is C21H20BrClN4O4. The summed E-state index contributed by atoms with van der Waals surface area (Å²) >= 11 is 9.46. The number of nitrogens with one attached hydrogen (secondary N) is 3. The molecule has 10 heteroatoms. The number of amides is 3. The van der Waals surface area contributed by atoms with Gasteiger partial charge in [0.1, 0.15) is 5.69 Å². The second-order valence-electron chi connectivity index (χ2n) is 6.67. The van der Waals surface area contributed by atoms with Crippen molar-refractivity contribution in [1.29, 1.82) is 0 Å². The molecule has 1 heterocycles. The zero-order valence-corrected chi connectivity index (χ0v) is 19.1. The number of ether oxygens (including phenoxy) is 1. The standard InChI is InChI=1S/C21H20BrClN4O4/c1-12-9-14(22)3-5-16(12)25-19(28)18-11-13-10-15(23)4-6-17(13)27(18)26-21(30)20(29)24-7-8-31-2/h3-6,9-11H,7-8H2,1-2H3,(H,24,29)(H,25,28)(H,26,30). The Hall–Kier alpha value is -2.88. The minimum atomic E-state index is -0.919. The molecule has 0 aliphatic heterocycles. The molecule has 1 aromatic heterocycles. The number of aryl methyl sites for hydroxylation is 1. The maximum Gasteiger partial charge on any atom is 0.328 e. The normalized spacial score (nSPS) is 10.7. The Kier molecular flexibility index (Phi) is 7.32. The summed E-state index contributed by atoms with van der Waals surface area (Å²) in [6.45, 7) is 2.31. The van der Waals surface area contributed by atoms with Crippen LogP contribution in [0.4, 0.5) is 5.69 Å². The number of fused-ring (bicyclic) bond motifs is 1. The van der Waals surface area contributed by atoms with Gasteiger partial charge in [-0.2, -0.15) is 0 Å². The average Bonchev–Trinajstić information content (AvgIpc) is 3.07. The second-order valence-corrected chi connectivity index (χ2v) is 8.02. The van der Waals surface area contributed by atoms with Crippen molar-refractivity contribution < 1.29 is 19.1 Å². The highest BCUT2D eigenvalue weighted by molar-refractivity contribution is 9.10. The summed E-state index contributed by atoms with van der Waals surface area (Å²) in [4.78, 5) is 37.5. The van der Waals surface area contributed by atoms with E-state index in [1.54, 1.807) is 30.3 Å². The molecule has 3 aromatic rings. The molecular weight excluding hydrogens is 488 g/mol. The first-order chi connectivity index (χ1) is 14.8. The molecule has 0 aliphatic carbocycles. The summed E-state index contributed by atoms with van der Waals surface area (Å²) < 4.78 is 7.01. The number of carbonyl (C=O) groups excluding carboxylic acids is 3. The predicted molar refractivity (Wildman–Crippen MR) is 123 cm³/mol. The number of aromatic nitrogens is 1. The fourth-order valence-corrected chi connectivity index (χ4v) is 3.58. The summed E-state index contributed by atoms with van der Waals surface area (Å²) in [7, 11) is 1.49. The van der Waals surface area contributed by atoms with Crippen LogP contribution in [0.3, 0.4) is 0 Å². The molecule has 3 N–H and O–H groups in total. The van der Waals surface area contributed by atoms with E-state index in [-0.39, 0.29) is 18.8 Å². The van der Waals surface area contributed by atoms with Crippen molar-refractivity contribution in [2.45, 2.75) is 6.92 Å². The Balaban J connectivity index is 1.92. The van der Waals surface area contributed by atoms with Crippen LogP contribution in [0.2, 0.25) is 5.02 Å². The molecule has 0 saturated carbocycles. The maximum atomic E-state index is 13.0. The van der Waals surface area contributed by atoms with Gasteiger partial charge in [-0.15, -0.1) is 0 Å². The summed E-state index contributed by atoms with van der Waals surface area (Å²) in [5, 5.41) is 6.38. The Morgan fingerprint density at radius 3 is 2.58 bits per heavy atom. The molecule has 162 valence electrons. The summed E-state index contributed by atoms with van der Waals surface area (Å²) in [5.41, 5.74) is 4.61. The first-order valence-electron chi connectivity index (χ1n) is 9.27. The van der Waals surface area contributed by atoms with Gasteiger partial charge in [0, 0.05) is 34.2 Å². The maximum absolute atomic E-state index is 13.0. The number of rotatable bonds is 6. The van der Waals surface area contributed by atoms with Crippen molar-refractivity contribution >= 4 is 61.8 Å². The number of hydrogen-bond acceptors (Lipinski definition) is 4. The van der Waals surface area contributed by atoms with Crippen LogP contribution in [0.5, 0.6) is 0 Å². The van der Waals surface area contributed by atoms with E-state index in [1.165, 1.54) is 11.8 Å². The van der Waals surface area contributed by atoms with E-state index >= 15 is 0 Å². The van der Waals surface area contributed by atoms with E-state index in [1.807, 2.05) is 19.1 Å². The van der Waals surface area contributed by atoms with Crippen molar-refractivity contribution in [3.05, 3.63) is 63.2 Å². The molecule has 0 fully saturated rings. The van der Waals surface area contributed by atoms with Crippen LogP contribution in [0, 0.1) is 6.92 Å². The largest absolute Gasteiger partial charge is 0.383 e. The molecule has 0 bridgehead atoms. The average molecular weight is 508 g/mol. The van der Waals surface area contributed by atoms with Gasteiger partial charge in [-0.05, 0) is 55.0 Å². The van der Waals surface area contributed by atoms with Crippen LogP contribution < -0.4 is 16.1 Å². The Morgan fingerprint density at radius 2 is 1.87 bits per heavy atom. The van der Waals surface area contributed by atoms with E-state index < -0.39 is 17.7 Å². The number of benzene rings is 2. The highest BCUT2D eigenvalue weighted by atomic mass is 79.9. The van der Waals surface area contributed by atoms with Crippen LogP contribution >= 0.6 is 27.5 Å². The lowest BCUT2D eigenvalue weighted by Crippen LogP contribution is -2.40. The molecule has 0 atom stereocenters. The second kappa shape index (κ2) is 9.95. The minimum Gasteiger partial charge on any atom is -0.383 e. The molecule has 31 heavy (non-hydrogen) atoms. The van der Waals surface area contributed by atoms with Crippen molar-refractivity contribution in [2.24, 2.45) is 0 Å². The lowest BCUT2D eigenvalue weighted by molar-refractivity contribution is -0.136. The molecule has 0 radical (unpaired) electrons. The molecule has 2 aromatic carbocycles. The highest BCUT2D eigenvalue weighted by Gasteiger charge is 2.21. The van der Waals surface area contributed by atoms with Crippen LogP contribution in [-0.2, 0) is 14.3 Å². The van der Waals surface area contributed by atoms with Crippen LogP contribution in [0.1, 0.15) is 16.1 Å². The van der Waals surface area contributed by atoms with E-state index in [2.05, 4.69) is 32.0 Å². The van der Waals surface area contributed by atoms with Crippen molar-refractivity contribution in [2.75, 3.05) is 31.0 Å². The molecule has 0 saturated heterocycles. The molecule has 0 spiro atoms. The Bertz CT molecular complexity index is 1160. The number of nitrogens with zero attached hydrogens (tertiary/aromatic N) is 1. The van der Waals surface area contributed by atoms with Gasteiger partial charge in [-0.3, -0.25) is 19.8 Å². The third kappa shape index (κ3) is 5.43. The van der Waals surface area contributed by atoms with Crippen LogP contribution in [0.15, 0.2) is 46.9 Å². The smallest absolute Gasteiger partial charge is 0.328 e. The van der Waals surface area contributed by atoms with Crippen molar-refractivity contribution in [3.8, 4) is 0 Å². The third-order valence-corrected chi connectivity index (χ3v) is 5.17. The lowest BCUT2D eigenvalue weighted by Gasteiger charge is -2.13. The van der Waals surface area contributed by atoms with Gasteiger partial charge in [0.25, 0.3) is 5.91 Å². The van der Waals surface area contributed by atoms with E-state index in [0.29, 0.717) is 21.6 Å². The monoisotopic (exact) mass is 506 g/mol. The lowest BCUT2D eigenvalue weighted by atomic mass is 10.2. The van der Waals surface area contributed by atoms with Gasteiger partial charge in [0.2, 0.25) is 0 Å². The molecule has 3 amide bonds. The van der Waals surface area contributed by atoms with E-state index in [4.69, 9.17) is 16.3 Å². The number of anilines is 1. The topological polar surface area (TPSA) is 101 Å². The van der Waals surface area contributed by atoms with Gasteiger partial charge in [0.05, 0.1) is 12.1 Å². The fraction of sp³-hybridized carbons (Fsp3) is 0.190. The van der Waals surface area contributed by atoms with Crippen LogP contribution in [0.25, 0.3) is 10.9 Å². The third-order valence-electron chi connectivity index (χ3n) is 4.44. The predicted octanol–water partition coefficient (Wildman–Crippen LogP) is 3.45. The van der Waals surface area contributed by atoms with Crippen molar-refractivity contribution in [1.82, 2.24) is 9.99 Å². The van der Waals surface area contributed by atoms with Gasteiger partial charge < -0.3 is 15.4 Å². The van der Waals surface area contributed by atoms with Gasteiger partial charge in [-0.1, -0.05) is 27.5 Å². The van der Waals surface area contributed by atoms with Crippen molar-refractivity contribution in [3.63, 3.8) is 0 Å². The molecule has 8 nitrogen and oxygen atoms in total. The summed E-state index contributed by atoms with van der Waals surface area (Å²) in [6.07, 6.45) is 0. The van der Waals surface area contributed by atoms with E-state index in [0.717, 1.165) is 10.0 Å². The number of carbonyl (C=O) groups is 3. The quantitative estimate of drug-likeness (QED) is 0.351. The zero-order chi connectivity index (χ0) is 22.5. The number of halogens is 2. The number of methoxy groups -OCH3 is 1. The fourth-order valence-electron chi connectivity index (χ4n) is 2.93. The Morgan fingerprint density at radius 1 is 1.10 bits per heavy atom. The Labute approximate surface area is 192 Å². The number of hydrogen-bond donors (Lipinski definition) is 3. The molecule has 3 rings (SSSR count). The summed E-state index contributed by atoms with van der Waals surface area (Å²) in [6, 6.07) is 12.0. The van der Waals surface area contributed by atoms with Gasteiger partial charge >= 0.3 is 11.8 Å². The van der Waals surface area contributed by atoms with Crippen LogP contribution in [-0.4, -0.2) is 42.7 Å². The zero-order valence-electron chi connectivity index (χ0n) is 16.8. The first kappa shape index (κ1) is 22.8. The molecule has 0 aliphatic rings. The van der Waals surface area contributed by atoms with Gasteiger partial charge in [0.15, 0.2) is 0 Å². The molecule has 0 unspecified atom stereocenters. The SMILES string of the molecule is COCCNC(=O)C(=O)Nn1c(C(=O)Nc2ccc(Br)cc2C)cc2cc(Cl)ccc21. The van der Waals surface area contributed by atoms with Gasteiger partial charge in [-0.25, -0.2) is 4.68 Å². The van der Waals surface area contributed by atoms with E-state index in [9.17, 15) is 14.4 Å².